The van der Waals surface area contributed by atoms with E-state index in [0.717, 1.165) is 37.3 Å². The van der Waals surface area contributed by atoms with Crippen molar-refractivity contribution in [1.29, 1.82) is 0 Å². The first-order valence-electron chi connectivity index (χ1n) is 8.01. The van der Waals surface area contributed by atoms with Crippen LogP contribution in [0.15, 0.2) is 4.52 Å². The molecule has 1 N–H and O–H groups in total. The zero-order valence-corrected chi connectivity index (χ0v) is 11.5. The van der Waals surface area contributed by atoms with E-state index in [2.05, 4.69) is 10.5 Å². The smallest absolute Gasteiger partial charge is 0.146 e. The van der Waals surface area contributed by atoms with Crippen molar-refractivity contribution in [2.75, 3.05) is 6.54 Å². The first-order chi connectivity index (χ1) is 9.32. The van der Waals surface area contributed by atoms with Crippen LogP contribution in [0.5, 0.6) is 0 Å². The summed E-state index contributed by atoms with van der Waals surface area (Å²) < 4.78 is 5.91. The van der Waals surface area contributed by atoms with Crippen LogP contribution in [0.4, 0.5) is 0 Å². The van der Waals surface area contributed by atoms with Gasteiger partial charge in [-0.15, -0.1) is 0 Å². The van der Waals surface area contributed by atoms with Gasteiger partial charge in [0.1, 0.15) is 11.5 Å². The number of rotatable bonds is 1. The van der Waals surface area contributed by atoms with Gasteiger partial charge in [0.05, 0.1) is 0 Å². The number of nitrogens with zero attached hydrogens (tertiary/aromatic N) is 1. The Morgan fingerprint density at radius 2 is 1.74 bits per heavy atom. The quantitative estimate of drug-likeness (QED) is 0.841. The minimum Gasteiger partial charge on any atom is -0.360 e. The number of nitrogens with one attached hydrogen (secondary N) is 1. The van der Waals surface area contributed by atoms with Crippen LogP contribution >= 0.6 is 0 Å². The molecule has 0 atom stereocenters. The van der Waals surface area contributed by atoms with Crippen LogP contribution in [-0.2, 0) is 18.4 Å². The van der Waals surface area contributed by atoms with Gasteiger partial charge in [-0.25, -0.2) is 0 Å². The molecule has 0 spiro atoms. The summed E-state index contributed by atoms with van der Waals surface area (Å²) in [5, 5.41) is 7.78. The van der Waals surface area contributed by atoms with Gasteiger partial charge < -0.3 is 9.84 Å². The minimum atomic E-state index is 0.382. The van der Waals surface area contributed by atoms with Gasteiger partial charge in [0, 0.05) is 17.5 Å². The number of aromatic nitrogens is 1. The highest BCUT2D eigenvalue weighted by atomic mass is 16.5. The van der Waals surface area contributed by atoms with Crippen molar-refractivity contribution in [3.8, 4) is 0 Å². The lowest BCUT2D eigenvalue weighted by atomic mass is 9.48. The van der Waals surface area contributed by atoms with Crippen LogP contribution in [0.25, 0.3) is 0 Å². The number of fused-ring (bicyclic) bond motifs is 1. The predicted octanol–water partition coefficient (Wildman–Crippen LogP) is 2.79. The summed E-state index contributed by atoms with van der Waals surface area (Å²) in [4.78, 5) is 0. The van der Waals surface area contributed by atoms with Crippen molar-refractivity contribution in [3.63, 3.8) is 0 Å². The largest absolute Gasteiger partial charge is 0.360 e. The maximum Gasteiger partial charge on any atom is 0.146 e. The van der Waals surface area contributed by atoms with E-state index in [1.165, 1.54) is 55.5 Å². The highest BCUT2D eigenvalue weighted by Gasteiger charge is 2.54. The lowest BCUT2D eigenvalue weighted by Gasteiger charge is -2.56. The molecule has 3 heteroatoms. The highest BCUT2D eigenvalue weighted by molar-refractivity contribution is 5.33. The second kappa shape index (κ2) is 3.63. The molecule has 0 amide bonds. The summed E-state index contributed by atoms with van der Waals surface area (Å²) in [6.07, 6.45) is 9.76. The standard InChI is InChI=1S/C16H22N2O/c1-2-17-9-14-13(1)15(19-18-14)16-6-10-3-11(7-16)5-12(4-10)8-16/h10-12,17H,1-9H2. The van der Waals surface area contributed by atoms with Gasteiger partial charge in [-0.2, -0.15) is 0 Å². The van der Waals surface area contributed by atoms with Gasteiger partial charge in [-0.05, 0) is 69.2 Å². The summed E-state index contributed by atoms with van der Waals surface area (Å²) >= 11 is 0. The van der Waals surface area contributed by atoms with E-state index in [1.54, 1.807) is 0 Å². The van der Waals surface area contributed by atoms with Crippen molar-refractivity contribution in [2.24, 2.45) is 17.8 Å². The summed E-state index contributed by atoms with van der Waals surface area (Å²) in [6.45, 7) is 2.00. The van der Waals surface area contributed by atoms with Gasteiger partial charge in [0.2, 0.25) is 0 Å². The van der Waals surface area contributed by atoms with Crippen LogP contribution in [0.3, 0.4) is 0 Å². The topological polar surface area (TPSA) is 38.1 Å². The fourth-order valence-corrected chi connectivity index (χ4v) is 5.96. The molecular formula is C16H22N2O. The Kier molecular flexibility index (Phi) is 2.08. The number of hydrogen-bond acceptors (Lipinski definition) is 3. The van der Waals surface area contributed by atoms with Crippen molar-refractivity contribution in [3.05, 3.63) is 17.0 Å². The van der Waals surface area contributed by atoms with Crippen LogP contribution in [-0.4, -0.2) is 11.7 Å². The van der Waals surface area contributed by atoms with Crippen LogP contribution in [0, 0.1) is 17.8 Å². The monoisotopic (exact) mass is 258 g/mol. The predicted molar refractivity (Wildman–Crippen MR) is 71.8 cm³/mol. The van der Waals surface area contributed by atoms with E-state index in [0.29, 0.717) is 5.41 Å². The summed E-state index contributed by atoms with van der Waals surface area (Å²) in [5.41, 5.74) is 3.05. The molecular weight excluding hydrogens is 236 g/mol. The summed E-state index contributed by atoms with van der Waals surface area (Å²) in [7, 11) is 0. The van der Waals surface area contributed by atoms with Crippen LogP contribution < -0.4 is 5.32 Å². The molecule has 0 aromatic carbocycles. The Morgan fingerprint density at radius 3 is 2.42 bits per heavy atom. The molecule has 2 heterocycles. The molecule has 1 aromatic heterocycles. The molecule has 1 aliphatic heterocycles. The van der Waals surface area contributed by atoms with Crippen LogP contribution in [0.2, 0.25) is 0 Å². The van der Waals surface area contributed by atoms with E-state index in [4.69, 9.17) is 4.52 Å². The molecule has 102 valence electrons. The molecule has 0 unspecified atom stereocenters. The van der Waals surface area contributed by atoms with Crippen molar-refractivity contribution >= 4 is 0 Å². The SMILES string of the molecule is C1Cc2c(noc2C23CC4CC(CC(C4)C2)C3)CN1. The Hall–Kier alpha value is -0.830. The molecule has 6 rings (SSSR count). The molecule has 19 heavy (non-hydrogen) atoms. The molecule has 5 aliphatic rings. The molecule has 4 saturated carbocycles. The maximum atomic E-state index is 5.91. The highest BCUT2D eigenvalue weighted by Crippen LogP contribution is 2.61. The molecule has 3 nitrogen and oxygen atoms in total. The van der Waals surface area contributed by atoms with Gasteiger partial charge in [0.25, 0.3) is 0 Å². The van der Waals surface area contributed by atoms with E-state index >= 15 is 0 Å². The first kappa shape index (κ1) is 10.9. The Morgan fingerprint density at radius 1 is 1.05 bits per heavy atom. The molecule has 0 saturated heterocycles. The normalized spacial score (nSPS) is 43.5. The third-order valence-corrected chi connectivity index (χ3v) is 6.23. The molecule has 4 aliphatic carbocycles. The van der Waals surface area contributed by atoms with Gasteiger partial charge >= 0.3 is 0 Å². The average Bonchev–Trinajstić information content (AvgIpc) is 2.81. The van der Waals surface area contributed by atoms with Crippen molar-refractivity contribution in [2.45, 2.75) is 56.9 Å². The van der Waals surface area contributed by atoms with Crippen LogP contribution in [0.1, 0.15) is 55.5 Å². The minimum absolute atomic E-state index is 0.382. The van der Waals surface area contributed by atoms with Crippen molar-refractivity contribution in [1.82, 2.24) is 10.5 Å². The van der Waals surface area contributed by atoms with E-state index in [-0.39, 0.29) is 0 Å². The third-order valence-electron chi connectivity index (χ3n) is 6.23. The Bertz CT molecular complexity index is 484. The fraction of sp³-hybridized carbons (Fsp3) is 0.812. The zero-order chi connectivity index (χ0) is 12.4. The first-order valence-corrected chi connectivity index (χ1v) is 8.01. The Balaban J connectivity index is 1.60. The number of hydrogen-bond donors (Lipinski definition) is 1. The molecule has 4 bridgehead atoms. The Labute approximate surface area is 114 Å². The summed E-state index contributed by atoms with van der Waals surface area (Å²) in [5.74, 6) is 4.25. The fourth-order valence-electron chi connectivity index (χ4n) is 5.96. The third kappa shape index (κ3) is 1.45. The second-order valence-electron chi connectivity index (χ2n) is 7.56. The lowest BCUT2D eigenvalue weighted by Crippen LogP contribution is -2.49. The van der Waals surface area contributed by atoms with Gasteiger partial charge in [0.15, 0.2) is 0 Å². The van der Waals surface area contributed by atoms with Gasteiger partial charge in [-0.1, -0.05) is 5.16 Å². The van der Waals surface area contributed by atoms with Crippen molar-refractivity contribution < 1.29 is 4.52 Å². The lowest BCUT2D eigenvalue weighted by molar-refractivity contribution is -0.0180. The second-order valence-corrected chi connectivity index (χ2v) is 7.56. The maximum absolute atomic E-state index is 5.91. The molecule has 0 radical (unpaired) electrons. The average molecular weight is 258 g/mol. The van der Waals surface area contributed by atoms with Gasteiger partial charge in [-0.3, -0.25) is 0 Å². The summed E-state index contributed by atoms with van der Waals surface area (Å²) in [6, 6.07) is 0. The van der Waals surface area contributed by atoms with E-state index in [9.17, 15) is 0 Å². The molecule has 1 aromatic rings. The van der Waals surface area contributed by atoms with E-state index < -0.39 is 0 Å². The molecule has 4 fully saturated rings. The van der Waals surface area contributed by atoms with E-state index in [1.807, 2.05) is 0 Å². The zero-order valence-electron chi connectivity index (χ0n) is 11.5.